The highest BCUT2D eigenvalue weighted by atomic mass is 32.2. The predicted octanol–water partition coefficient (Wildman–Crippen LogP) is 6.50. The zero-order valence-corrected chi connectivity index (χ0v) is 29.8. The van der Waals surface area contributed by atoms with Crippen LogP contribution in [0.3, 0.4) is 0 Å². The predicted molar refractivity (Wildman–Crippen MR) is 199 cm³/mol. The van der Waals surface area contributed by atoms with Gasteiger partial charge >= 0.3 is 5.97 Å². The number of nitrogens with one attached hydrogen (secondary N) is 2. The zero-order valence-electron chi connectivity index (χ0n) is 27.3. The molecule has 252 valence electrons. The van der Waals surface area contributed by atoms with Gasteiger partial charge in [-0.05, 0) is 48.8 Å². The summed E-state index contributed by atoms with van der Waals surface area (Å²) >= 11 is 4.71. The van der Waals surface area contributed by atoms with Crippen LogP contribution in [-0.2, 0) is 30.4 Å². The van der Waals surface area contributed by atoms with Crippen molar-refractivity contribution in [2.24, 2.45) is 4.99 Å². The molecule has 0 saturated heterocycles. The number of ether oxygens (including phenoxy) is 1. The van der Waals surface area contributed by atoms with E-state index in [2.05, 4.69) is 93.4 Å². The van der Waals surface area contributed by atoms with Crippen molar-refractivity contribution in [1.29, 1.82) is 0 Å². The number of carbonyl (C=O) groups excluding carboxylic acids is 3. The third-order valence-corrected chi connectivity index (χ3v) is 12.1. The molecule has 1 aromatic heterocycles. The normalized spacial score (nSPS) is 21.9. The molecule has 2 aliphatic heterocycles. The summed E-state index contributed by atoms with van der Waals surface area (Å²) in [6.07, 6.45) is 3.53. The summed E-state index contributed by atoms with van der Waals surface area (Å²) < 4.78 is 5.37. The lowest BCUT2D eigenvalue weighted by Gasteiger charge is -2.35. The lowest BCUT2D eigenvalue weighted by atomic mass is 9.84. The fraction of sp³-hybridized carbons (Fsp3) is 0.289. The van der Waals surface area contributed by atoms with Crippen LogP contribution in [0.2, 0.25) is 0 Å². The molecule has 4 aromatic rings. The molecule has 4 bridgehead atoms. The average Bonchev–Trinajstić information content (AvgIpc) is 3.77. The van der Waals surface area contributed by atoms with Crippen molar-refractivity contribution in [3.05, 3.63) is 136 Å². The fourth-order valence-corrected chi connectivity index (χ4v) is 9.17. The Balaban J connectivity index is 1.20. The first kappa shape index (κ1) is 34.7. The highest BCUT2D eigenvalue weighted by Gasteiger charge is 2.41. The number of thiazole rings is 1. The number of allylic oxidation sites excluding steroid dienone is 1. The van der Waals surface area contributed by atoms with E-state index >= 15 is 0 Å². The number of cyclic esters (lactones) is 1. The van der Waals surface area contributed by atoms with Gasteiger partial charge < -0.3 is 15.4 Å². The van der Waals surface area contributed by atoms with Crippen LogP contribution in [0, 0.1) is 0 Å². The average molecular weight is 711 g/mol. The largest absolute Gasteiger partial charge is 0.456 e. The van der Waals surface area contributed by atoms with Crippen LogP contribution in [0.5, 0.6) is 0 Å². The maximum atomic E-state index is 13.2. The summed E-state index contributed by atoms with van der Waals surface area (Å²) in [6.45, 7) is 3.58. The maximum Gasteiger partial charge on any atom is 0.328 e. The van der Waals surface area contributed by atoms with Crippen molar-refractivity contribution in [1.82, 2.24) is 15.6 Å². The summed E-state index contributed by atoms with van der Waals surface area (Å²) in [6, 6.07) is 30.6. The molecular formula is C38H38N4O4S3. The lowest BCUT2D eigenvalue weighted by Crippen LogP contribution is -2.50. The molecule has 6 rings (SSSR count). The molecular weight excluding hydrogens is 673 g/mol. The van der Waals surface area contributed by atoms with Gasteiger partial charge in [-0.1, -0.05) is 97.1 Å². The SMILES string of the molecule is C[C@@H]1NC(=O)[C@]2(C)CSC(=N2)c2csc(n2)CNC(=O)C[C@@H](/C=C/CCSC(c2ccccc2)(c2ccccc2)c2ccccc2)OC1=O. The standard InChI is InChI=1S/C38H38N4O4S3/c1-26-35(44)46-30(22-32(43)39-23-33-41-31(24-47-33)34-42-37(2,25-48-34)36(45)40-26)20-12-13-21-49-38(27-14-6-3-7-15-27,28-16-8-4-9-17-28)29-18-10-5-11-19-29/h3-12,14-20,24,26,30H,13,21-23,25H2,1-2H3,(H,39,43)(H,40,45)/b20-12+/t26-,30+,37-/m0/s1. The number of esters is 1. The molecule has 0 saturated carbocycles. The van der Waals surface area contributed by atoms with Crippen molar-refractivity contribution < 1.29 is 19.1 Å². The van der Waals surface area contributed by atoms with Gasteiger partial charge in [0.25, 0.3) is 0 Å². The summed E-state index contributed by atoms with van der Waals surface area (Å²) in [7, 11) is 0. The van der Waals surface area contributed by atoms with E-state index in [-0.39, 0.29) is 24.8 Å². The number of fused-ring (bicyclic) bond motifs is 4. The first-order valence-corrected chi connectivity index (χ1v) is 19.0. The number of aromatic nitrogens is 1. The first-order valence-electron chi connectivity index (χ1n) is 16.2. The molecule has 2 N–H and O–H groups in total. The molecule has 2 amide bonds. The lowest BCUT2D eigenvalue weighted by molar-refractivity contribution is -0.151. The third-order valence-electron chi connectivity index (χ3n) is 8.39. The molecule has 0 unspecified atom stereocenters. The molecule has 49 heavy (non-hydrogen) atoms. The van der Waals surface area contributed by atoms with E-state index in [9.17, 15) is 14.4 Å². The van der Waals surface area contributed by atoms with Crippen molar-refractivity contribution in [2.45, 2.75) is 55.7 Å². The van der Waals surface area contributed by atoms with Crippen LogP contribution >= 0.6 is 34.9 Å². The zero-order chi connectivity index (χ0) is 34.3. The smallest absolute Gasteiger partial charge is 0.328 e. The Morgan fingerprint density at radius 3 is 2.18 bits per heavy atom. The number of hydrogen-bond acceptors (Lipinski definition) is 9. The summed E-state index contributed by atoms with van der Waals surface area (Å²) in [5.41, 5.74) is 3.19. The Kier molecular flexibility index (Phi) is 11.0. The number of benzene rings is 3. The Bertz CT molecular complexity index is 1730. The van der Waals surface area contributed by atoms with Crippen LogP contribution in [0.25, 0.3) is 0 Å². The van der Waals surface area contributed by atoms with Gasteiger partial charge in [-0.3, -0.25) is 14.6 Å². The van der Waals surface area contributed by atoms with Gasteiger partial charge in [0.2, 0.25) is 11.8 Å². The number of thioether (sulfide) groups is 2. The minimum absolute atomic E-state index is 0.0590. The van der Waals surface area contributed by atoms with Crippen molar-refractivity contribution in [3.63, 3.8) is 0 Å². The van der Waals surface area contributed by atoms with Crippen LogP contribution < -0.4 is 10.6 Å². The summed E-state index contributed by atoms with van der Waals surface area (Å²) in [5, 5.41) is 8.97. The highest BCUT2D eigenvalue weighted by molar-refractivity contribution is 8.14. The second kappa shape index (κ2) is 15.6. The second-order valence-electron chi connectivity index (χ2n) is 12.1. The summed E-state index contributed by atoms with van der Waals surface area (Å²) in [5.74, 6) is -0.0609. The number of rotatable bonds is 8. The Morgan fingerprint density at radius 1 is 0.959 bits per heavy atom. The second-order valence-corrected chi connectivity index (χ2v) is 15.3. The Hall–Kier alpha value is -4.19. The van der Waals surface area contributed by atoms with E-state index in [1.165, 1.54) is 39.8 Å². The van der Waals surface area contributed by atoms with Gasteiger partial charge in [0.1, 0.15) is 33.4 Å². The highest BCUT2D eigenvalue weighted by Crippen LogP contribution is 2.48. The van der Waals surface area contributed by atoms with Crippen LogP contribution in [0.15, 0.2) is 114 Å². The van der Waals surface area contributed by atoms with E-state index < -0.39 is 28.4 Å². The van der Waals surface area contributed by atoms with Crippen LogP contribution in [0.1, 0.15) is 54.1 Å². The molecule has 0 fully saturated rings. The van der Waals surface area contributed by atoms with Gasteiger partial charge in [0.05, 0.1) is 17.7 Å². The molecule has 2 aliphatic rings. The van der Waals surface area contributed by atoms with Crippen LogP contribution in [-0.4, -0.2) is 57.0 Å². The Morgan fingerprint density at radius 2 is 1.57 bits per heavy atom. The summed E-state index contributed by atoms with van der Waals surface area (Å²) in [4.78, 5) is 48.8. The Labute approximate surface area is 299 Å². The molecule has 3 atom stereocenters. The molecule has 0 aliphatic carbocycles. The van der Waals surface area contributed by atoms with Gasteiger partial charge in [-0.25, -0.2) is 9.78 Å². The molecule has 3 aromatic carbocycles. The minimum atomic E-state index is -1.03. The molecule has 11 heteroatoms. The van der Waals surface area contributed by atoms with Crippen molar-refractivity contribution in [3.8, 4) is 0 Å². The first-order chi connectivity index (χ1) is 23.8. The van der Waals surface area contributed by atoms with Crippen LogP contribution in [0.4, 0.5) is 0 Å². The topological polar surface area (TPSA) is 110 Å². The molecule has 3 heterocycles. The van der Waals surface area contributed by atoms with Gasteiger partial charge in [-0.2, -0.15) is 0 Å². The van der Waals surface area contributed by atoms with Crippen molar-refractivity contribution >= 4 is 57.7 Å². The molecule has 0 radical (unpaired) electrons. The monoisotopic (exact) mass is 710 g/mol. The molecule has 0 spiro atoms. The number of nitrogens with zero attached hydrogens (tertiary/aromatic N) is 2. The van der Waals surface area contributed by atoms with Gasteiger partial charge in [0.15, 0.2) is 0 Å². The van der Waals surface area contributed by atoms with Crippen molar-refractivity contribution in [2.75, 3.05) is 11.5 Å². The van der Waals surface area contributed by atoms with Gasteiger partial charge in [0, 0.05) is 11.1 Å². The number of carbonyl (C=O) groups is 3. The van der Waals surface area contributed by atoms with Gasteiger partial charge in [-0.15, -0.1) is 34.9 Å². The maximum absolute atomic E-state index is 13.2. The number of hydrogen-bond donors (Lipinski definition) is 2. The van der Waals surface area contributed by atoms with E-state index in [0.717, 1.165) is 10.8 Å². The number of aliphatic imine (C=N–C) groups is 1. The quantitative estimate of drug-likeness (QED) is 0.0930. The fourth-order valence-electron chi connectivity index (χ4n) is 5.77. The van der Waals surface area contributed by atoms with E-state index in [4.69, 9.17) is 4.74 Å². The third kappa shape index (κ3) is 8.01. The van der Waals surface area contributed by atoms with E-state index in [1.54, 1.807) is 19.9 Å². The van der Waals surface area contributed by atoms with E-state index in [0.29, 0.717) is 22.9 Å². The minimum Gasteiger partial charge on any atom is -0.456 e. The number of amides is 2. The molecule has 8 nitrogen and oxygen atoms in total. The van der Waals surface area contributed by atoms with E-state index in [1.807, 2.05) is 41.4 Å².